The van der Waals surface area contributed by atoms with Crippen LogP contribution in [0, 0.1) is 12.8 Å². The molecule has 0 aliphatic rings. The molecular formula is C15H27N3. The molecule has 0 amide bonds. The molecule has 0 unspecified atom stereocenters. The Kier molecular flexibility index (Phi) is 5.60. The van der Waals surface area contributed by atoms with Crippen LogP contribution >= 0.6 is 0 Å². The molecule has 0 saturated heterocycles. The van der Waals surface area contributed by atoms with Gasteiger partial charge in [-0.05, 0) is 39.8 Å². The quantitative estimate of drug-likeness (QED) is 0.840. The van der Waals surface area contributed by atoms with E-state index in [9.17, 15) is 0 Å². The fraction of sp³-hybridized carbons (Fsp3) is 0.667. The van der Waals surface area contributed by atoms with Crippen molar-refractivity contribution in [1.29, 1.82) is 0 Å². The first-order valence-corrected chi connectivity index (χ1v) is 6.82. The Morgan fingerprint density at radius 3 is 2.44 bits per heavy atom. The first-order valence-electron chi connectivity index (χ1n) is 6.82. The first kappa shape index (κ1) is 15.0. The summed E-state index contributed by atoms with van der Waals surface area (Å²) in [6, 6.07) is 2.71. The van der Waals surface area contributed by atoms with Gasteiger partial charge in [0.25, 0.3) is 0 Å². The van der Waals surface area contributed by atoms with Crippen molar-refractivity contribution in [3.63, 3.8) is 0 Å². The Morgan fingerprint density at radius 1 is 1.28 bits per heavy atom. The van der Waals surface area contributed by atoms with Crippen LogP contribution < -0.4 is 10.2 Å². The minimum Gasteiger partial charge on any atom is -0.368 e. The zero-order valence-electron chi connectivity index (χ0n) is 12.6. The minimum absolute atomic E-state index is 0.504. The third-order valence-corrected chi connectivity index (χ3v) is 2.96. The molecule has 0 fully saturated rings. The van der Waals surface area contributed by atoms with E-state index in [0.717, 1.165) is 18.8 Å². The van der Waals surface area contributed by atoms with Crippen LogP contribution in [0.2, 0.25) is 0 Å². The summed E-state index contributed by atoms with van der Waals surface area (Å²) in [5.74, 6) is 0.656. The second-order valence-electron chi connectivity index (χ2n) is 5.62. The highest BCUT2D eigenvalue weighted by atomic mass is 15.2. The molecule has 1 N–H and O–H groups in total. The van der Waals surface area contributed by atoms with Crippen LogP contribution in [0.4, 0.5) is 5.69 Å². The van der Waals surface area contributed by atoms with Gasteiger partial charge < -0.3 is 10.2 Å². The highest BCUT2D eigenvalue weighted by Gasteiger charge is 2.16. The SMILES string of the molecule is CNCc1cnc(C)cc1N(CC(C)C)C(C)C. The summed E-state index contributed by atoms with van der Waals surface area (Å²) in [6.07, 6.45) is 2.00. The number of hydrogen-bond acceptors (Lipinski definition) is 3. The fourth-order valence-electron chi connectivity index (χ4n) is 2.15. The maximum Gasteiger partial charge on any atom is 0.0447 e. The Balaban J connectivity index is 3.11. The summed E-state index contributed by atoms with van der Waals surface area (Å²) in [4.78, 5) is 6.89. The Hall–Kier alpha value is -1.09. The maximum atomic E-state index is 4.41. The van der Waals surface area contributed by atoms with E-state index in [0.29, 0.717) is 12.0 Å². The van der Waals surface area contributed by atoms with Crippen LogP contribution in [0.5, 0.6) is 0 Å². The van der Waals surface area contributed by atoms with Gasteiger partial charge in [0.15, 0.2) is 0 Å². The standard InChI is InChI=1S/C15H27N3/c1-11(2)10-18(12(3)4)15-7-13(5)17-9-14(15)8-16-6/h7,9,11-12,16H,8,10H2,1-6H3. The minimum atomic E-state index is 0.504. The lowest BCUT2D eigenvalue weighted by Crippen LogP contribution is -2.35. The summed E-state index contributed by atoms with van der Waals surface area (Å²) in [7, 11) is 1.98. The van der Waals surface area contributed by atoms with Gasteiger partial charge >= 0.3 is 0 Å². The number of aryl methyl sites for hydroxylation is 1. The zero-order valence-corrected chi connectivity index (χ0v) is 12.6. The number of hydrogen-bond donors (Lipinski definition) is 1. The normalized spacial score (nSPS) is 11.3. The molecule has 3 heteroatoms. The predicted octanol–water partition coefficient (Wildman–Crippen LogP) is 2.98. The third kappa shape index (κ3) is 3.98. The molecule has 1 aromatic heterocycles. The zero-order chi connectivity index (χ0) is 13.7. The Morgan fingerprint density at radius 2 is 1.94 bits per heavy atom. The number of aromatic nitrogens is 1. The Labute approximate surface area is 112 Å². The lowest BCUT2D eigenvalue weighted by atomic mass is 10.1. The van der Waals surface area contributed by atoms with Crippen molar-refractivity contribution in [2.45, 2.75) is 47.2 Å². The van der Waals surface area contributed by atoms with Crippen LogP contribution in [0.15, 0.2) is 12.3 Å². The fourth-order valence-corrected chi connectivity index (χ4v) is 2.15. The van der Waals surface area contributed by atoms with Gasteiger partial charge in [-0.15, -0.1) is 0 Å². The van der Waals surface area contributed by atoms with E-state index in [4.69, 9.17) is 0 Å². The van der Waals surface area contributed by atoms with E-state index in [-0.39, 0.29) is 0 Å². The molecule has 18 heavy (non-hydrogen) atoms. The van der Waals surface area contributed by atoms with Gasteiger partial charge in [-0.2, -0.15) is 0 Å². The molecule has 0 radical (unpaired) electrons. The second-order valence-corrected chi connectivity index (χ2v) is 5.62. The molecule has 3 nitrogen and oxygen atoms in total. The van der Waals surface area contributed by atoms with Gasteiger partial charge in [-0.3, -0.25) is 4.98 Å². The topological polar surface area (TPSA) is 28.2 Å². The second kappa shape index (κ2) is 6.74. The summed E-state index contributed by atoms with van der Waals surface area (Å²) in [6.45, 7) is 13.0. The van der Waals surface area contributed by atoms with Crippen LogP contribution in [0.25, 0.3) is 0 Å². The molecule has 1 rings (SSSR count). The van der Waals surface area contributed by atoms with Crippen molar-refractivity contribution in [3.05, 3.63) is 23.5 Å². The molecule has 0 spiro atoms. The molecule has 0 aromatic carbocycles. The van der Waals surface area contributed by atoms with Gasteiger partial charge in [0.05, 0.1) is 0 Å². The predicted molar refractivity (Wildman–Crippen MR) is 79.1 cm³/mol. The van der Waals surface area contributed by atoms with E-state index in [1.165, 1.54) is 11.3 Å². The van der Waals surface area contributed by atoms with E-state index >= 15 is 0 Å². The lowest BCUT2D eigenvalue weighted by molar-refractivity contribution is 0.568. The third-order valence-electron chi connectivity index (χ3n) is 2.96. The number of anilines is 1. The number of nitrogens with zero attached hydrogens (tertiary/aromatic N) is 2. The summed E-state index contributed by atoms with van der Waals surface area (Å²) >= 11 is 0. The number of nitrogens with one attached hydrogen (secondary N) is 1. The van der Waals surface area contributed by atoms with E-state index in [1.807, 2.05) is 13.2 Å². The van der Waals surface area contributed by atoms with Crippen molar-refractivity contribution >= 4 is 5.69 Å². The van der Waals surface area contributed by atoms with Crippen LogP contribution in [0.3, 0.4) is 0 Å². The van der Waals surface area contributed by atoms with E-state index in [2.05, 4.69) is 55.9 Å². The maximum absolute atomic E-state index is 4.41. The highest BCUT2D eigenvalue weighted by molar-refractivity contribution is 5.54. The lowest BCUT2D eigenvalue weighted by Gasteiger charge is -2.32. The molecule has 0 saturated carbocycles. The van der Waals surface area contributed by atoms with Crippen LogP contribution in [0.1, 0.15) is 39.0 Å². The van der Waals surface area contributed by atoms with Gasteiger partial charge in [-0.1, -0.05) is 13.8 Å². The molecular weight excluding hydrogens is 222 g/mol. The molecule has 0 bridgehead atoms. The van der Waals surface area contributed by atoms with Crippen molar-refractivity contribution in [2.24, 2.45) is 5.92 Å². The average Bonchev–Trinajstić information content (AvgIpc) is 2.28. The van der Waals surface area contributed by atoms with Crippen molar-refractivity contribution in [1.82, 2.24) is 10.3 Å². The first-order chi connectivity index (χ1) is 8.45. The highest BCUT2D eigenvalue weighted by Crippen LogP contribution is 2.24. The largest absolute Gasteiger partial charge is 0.368 e. The summed E-state index contributed by atoms with van der Waals surface area (Å²) in [5.41, 5.74) is 3.68. The smallest absolute Gasteiger partial charge is 0.0447 e. The molecule has 0 aliphatic heterocycles. The molecule has 1 heterocycles. The van der Waals surface area contributed by atoms with Crippen molar-refractivity contribution in [2.75, 3.05) is 18.5 Å². The molecule has 102 valence electrons. The number of rotatable bonds is 6. The molecule has 1 aromatic rings. The number of pyridine rings is 1. The van der Waals surface area contributed by atoms with Gasteiger partial charge in [0.2, 0.25) is 0 Å². The van der Waals surface area contributed by atoms with Gasteiger partial charge in [-0.25, -0.2) is 0 Å². The van der Waals surface area contributed by atoms with Gasteiger partial charge in [0.1, 0.15) is 0 Å². The van der Waals surface area contributed by atoms with Gasteiger partial charge in [0, 0.05) is 42.3 Å². The monoisotopic (exact) mass is 249 g/mol. The van der Waals surface area contributed by atoms with E-state index in [1.54, 1.807) is 0 Å². The summed E-state index contributed by atoms with van der Waals surface area (Å²) in [5, 5.41) is 3.22. The van der Waals surface area contributed by atoms with Crippen LogP contribution in [-0.4, -0.2) is 24.6 Å². The van der Waals surface area contributed by atoms with Crippen molar-refractivity contribution < 1.29 is 0 Å². The Bertz CT molecular complexity index is 372. The van der Waals surface area contributed by atoms with Crippen LogP contribution in [-0.2, 0) is 6.54 Å². The van der Waals surface area contributed by atoms with Crippen molar-refractivity contribution in [3.8, 4) is 0 Å². The average molecular weight is 249 g/mol. The van der Waals surface area contributed by atoms with E-state index < -0.39 is 0 Å². The molecule has 0 aliphatic carbocycles. The summed E-state index contributed by atoms with van der Waals surface area (Å²) < 4.78 is 0. The molecule has 0 atom stereocenters.